The number of likely N-dealkylation sites (N-methyl/N-ethyl adjacent to an activating group) is 1. The van der Waals surface area contributed by atoms with Crippen molar-refractivity contribution in [3.8, 4) is 0 Å². The molecule has 0 spiro atoms. The summed E-state index contributed by atoms with van der Waals surface area (Å²) in [5, 5.41) is 11.7. The first kappa shape index (κ1) is 14.0. The standard InChI is InChI=1S/C15H20N2OS/c1-11(9-14-5-4-8-19-14)17(3)15-10-13(12(2)18)6-7-16-15/h4-8,10-12,18H,9H2,1-3H3/t11?,12-/m0/s1. The van der Waals surface area contributed by atoms with Gasteiger partial charge in [-0.2, -0.15) is 0 Å². The first-order valence-electron chi connectivity index (χ1n) is 6.47. The smallest absolute Gasteiger partial charge is 0.128 e. The minimum Gasteiger partial charge on any atom is -0.389 e. The van der Waals surface area contributed by atoms with Crippen LogP contribution in [0.3, 0.4) is 0 Å². The Bertz CT molecular complexity index is 511. The Morgan fingerprint density at radius 2 is 2.16 bits per heavy atom. The Hall–Kier alpha value is -1.39. The molecule has 0 saturated carbocycles. The van der Waals surface area contributed by atoms with Crippen LogP contribution in [-0.4, -0.2) is 23.2 Å². The monoisotopic (exact) mass is 276 g/mol. The Morgan fingerprint density at radius 3 is 2.79 bits per heavy atom. The van der Waals surface area contributed by atoms with E-state index in [1.165, 1.54) is 4.88 Å². The molecule has 0 fully saturated rings. The minimum absolute atomic E-state index is 0.371. The van der Waals surface area contributed by atoms with Gasteiger partial charge in [-0.15, -0.1) is 11.3 Å². The van der Waals surface area contributed by atoms with E-state index in [1.54, 1.807) is 24.5 Å². The predicted molar refractivity (Wildman–Crippen MR) is 80.8 cm³/mol. The minimum atomic E-state index is -0.456. The molecule has 0 aromatic carbocycles. The zero-order valence-electron chi connectivity index (χ0n) is 11.6. The Labute approximate surface area is 118 Å². The molecule has 1 N–H and O–H groups in total. The molecule has 19 heavy (non-hydrogen) atoms. The zero-order chi connectivity index (χ0) is 13.8. The third kappa shape index (κ3) is 3.55. The Morgan fingerprint density at radius 1 is 1.37 bits per heavy atom. The number of rotatable bonds is 5. The van der Waals surface area contributed by atoms with E-state index >= 15 is 0 Å². The van der Waals surface area contributed by atoms with Crippen molar-refractivity contribution >= 4 is 17.2 Å². The number of aromatic nitrogens is 1. The van der Waals surface area contributed by atoms with Gasteiger partial charge >= 0.3 is 0 Å². The highest BCUT2D eigenvalue weighted by atomic mass is 32.1. The summed E-state index contributed by atoms with van der Waals surface area (Å²) >= 11 is 1.78. The van der Waals surface area contributed by atoms with Gasteiger partial charge in [-0.1, -0.05) is 6.07 Å². The number of pyridine rings is 1. The Balaban J connectivity index is 2.10. The topological polar surface area (TPSA) is 36.4 Å². The van der Waals surface area contributed by atoms with Gasteiger partial charge in [0.2, 0.25) is 0 Å². The number of hydrogen-bond donors (Lipinski definition) is 1. The van der Waals surface area contributed by atoms with Crippen LogP contribution in [-0.2, 0) is 6.42 Å². The van der Waals surface area contributed by atoms with Crippen molar-refractivity contribution in [1.29, 1.82) is 0 Å². The fourth-order valence-corrected chi connectivity index (χ4v) is 2.80. The number of aliphatic hydroxyl groups is 1. The molecule has 1 unspecified atom stereocenters. The van der Waals surface area contributed by atoms with Crippen molar-refractivity contribution < 1.29 is 5.11 Å². The molecule has 4 heteroatoms. The van der Waals surface area contributed by atoms with E-state index in [0.717, 1.165) is 17.8 Å². The summed E-state index contributed by atoms with van der Waals surface area (Å²) in [6.45, 7) is 3.96. The fourth-order valence-electron chi connectivity index (χ4n) is 1.97. The molecule has 2 rings (SSSR count). The highest BCUT2D eigenvalue weighted by Gasteiger charge is 2.13. The number of thiophene rings is 1. The van der Waals surface area contributed by atoms with Crippen molar-refractivity contribution in [3.63, 3.8) is 0 Å². The molecule has 2 atom stereocenters. The second kappa shape index (κ2) is 6.17. The van der Waals surface area contributed by atoms with Crippen LogP contribution in [0.2, 0.25) is 0 Å². The third-order valence-electron chi connectivity index (χ3n) is 3.35. The van der Waals surface area contributed by atoms with E-state index in [4.69, 9.17) is 0 Å². The molecule has 0 radical (unpaired) electrons. The molecule has 0 saturated heterocycles. The summed E-state index contributed by atoms with van der Waals surface area (Å²) in [5.74, 6) is 0.905. The lowest BCUT2D eigenvalue weighted by atomic mass is 10.1. The van der Waals surface area contributed by atoms with E-state index in [0.29, 0.717) is 6.04 Å². The summed E-state index contributed by atoms with van der Waals surface area (Å²) in [5.41, 5.74) is 0.903. The van der Waals surface area contributed by atoms with Gasteiger partial charge in [0.25, 0.3) is 0 Å². The van der Waals surface area contributed by atoms with Crippen LogP contribution in [0.25, 0.3) is 0 Å². The summed E-state index contributed by atoms with van der Waals surface area (Å²) < 4.78 is 0. The van der Waals surface area contributed by atoms with Crippen LogP contribution < -0.4 is 4.90 Å². The first-order chi connectivity index (χ1) is 9.08. The van der Waals surface area contributed by atoms with Gasteiger partial charge in [-0.05, 0) is 43.0 Å². The van der Waals surface area contributed by atoms with Gasteiger partial charge in [0.05, 0.1) is 6.10 Å². The predicted octanol–water partition coefficient (Wildman–Crippen LogP) is 3.26. The van der Waals surface area contributed by atoms with Crippen LogP contribution in [0.1, 0.15) is 30.4 Å². The van der Waals surface area contributed by atoms with Crippen molar-refractivity contribution in [3.05, 3.63) is 46.3 Å². The van der Waals surface area contributed by atoms with E-state index in [-0.39, 0.29) is 0 Å². The molecule has 0 aliphatic carbocycles. The third-order valence-corrected chi connectivity index (χ3v) is 4.25. The molecule has 3 nitrogen and oxygen atoms in total. The lowest BCUT2D eigenvalue weighted by Gasteiger charge is -2.26. The molecule has 2 heterocycles. The quantitative estimate of drug-likeness (QED) is 0.910. The van der Waals surface area contributed by atoms with Crippen LogP contribution in [0, 0.1) is 0 Å². The van der Waals surface area contributed by atoms with Gasteiger partial charge in [-0.25, -0.2) is 4.98 Å². The molecule has 2 aromatic heterocycles. The van der Waals surface area contributed by atoms with Crippen LogP contribution in [0.5, 0.6) is 0 Å². The number of nitrogens with zero attached hydrogens (tertiary/aromatic N) is 2. The van der Waals surface area contributed by atoms with E-state index < -0.39 is 6.10 Å². The zero-order valence-corrected chi connectivity index (χ0v) is 12.4. The molecule has 0 aliphatic heterocycles. The van der Waals surface area contributed by atoms with Crippen LogP contribution >= 0.6 is 11.3 Å². The van der Waals surface area contributed by atoms with Gasteiger partial charge in [0.15, 0.2) is 0 Å². The number of anilines is 1. The van der Waals surface area contributed by atoms with E-state index in [2.05, 4.69) is 34.3 Å². The van der Waals surface area contributed by atoms with Crippen molar-refractivity contribution in [2.75, 3.05) is 11.9 Å². The van der Waals surface area contributed by atoms with E-state index in [9.17, 15) is 5.11 Å². The average Bonchev–Trinajstić information content (AvgIpc) is 2.90. The maximum Gasteiger partial charge on any atom is 0.128 e. The maximum atomic E-state index is 9.63. The molecule has 102 valence electrons. The van der Waals surface area contributed by atoms with Gasteiger partial charge in [0.1, 0.15) is 5.82 Å². The molecule has 0 aliphatic rings. The van der Waals surface area contributed by atoms with E-state index in [1.807, 2.05) is 19.2 Å². The average molecular weight is 276 g/mol. The summed E-state index contributed by atoms with van der Waals surface area (Å²) in [7, 11) is 2.05. The maximum absolute atomic E-state index is 9.63. The van der Waals surface area contributed by atoms with Gasteiger partial charge in [0, 0.05) is 30.6 Å². The summed E-state index contributed by atoms with van der Waals surface area (Å²) in [4.78, 5) is 7.93. The number of aliphatic hydroxyl groups excluding tert-OH is 1. The van der Waals surface area contributed by atoms with Crippen molar-refractivity contribution in [1.82, 2.24) is 4.98 Å². The largest absolute Gasteiger partial charge is 0.389 e. The summed E-state index contributed by atoms with van der Waals surface area (Å²) in [6.07, 6.45) is 2.31. The molecular formula is C15H20N2OS. The fraction of sp³-hybridized carbons (Fsp3) is 0.400. The van der Waals surface area contributed by atoms with Gasteiger partial charge < -0.3 is 10.0 Å². The first-order valence-corrected chi connectivity index (χ1v) is 7.35. The normalized spacial score (nSPS) is 14.1. The number of hydrogen-bond acceptors (Lipinski definition) is 4. The summed E-state index contributed by atoms with van der Waals surface area (Å²) in [6, 6.07) is 8.42. The second-order valence-corrected chi connectivity index (χ2v) is 5.90. The lowest BCUT2D eigenvalue weighted by Crippen LogP contribution is -2.31. The van der Waals surface area contributed by atoms with Crippen LogP contribution in [0.4, 0.5) is 5.82 Å². The molecule has 0 amide bonds. The lowest BCUT2D eigenvalue weighted by molar-refractivity contribution is 0.199. The molecule has 2 aromatic rings. The second-order valence-electron chi connectivity index (χ2n) is 4.87. The molecular weight excluding hydrogens is 256 g/mol. The highest BCUT2D eigenvalue weighted by Crippen LogP contribution is 2.20. The molecule has 0 bridgehead atoms. The van der Waals surface area contributed by atoms with Crippen molar-refractivity contribution in [2.45, 2.75) is 32.4 Å². The Kier molecular flexibility index (Phi) is 4.56. The van der Waals surface area contributed by atoms with Crippen molar-refractivity contribution in [2.24, 2.45) is 0 Å². The highest BCUT2D eigenvalue weighted by molar-refractivity contribution is 7.09. The SMILES string of the molecule is CC(Cc1cccs1)N(C)c1cc([C@H](C)O)ccn1. The van der Waals surface area contributed by atoms with Gasteiger partial charge in [-0.3, -0.25) is 0 Å². The van der Waals surface area contributed by atoms with Crippen LogP contribution in [0.15, 0.2) is 35.8 Å².